The molecule has 302 valence electrons. The van der Waals surface area contributed by atoms with E-state index in [9.17, 15) is 14.7 Å². The molecule has 1 N–H and O–H groups in total. The van der Waals surface area contributed by atoms with E-state index in [1.807, 2.05) is 0 Å². The van der Waals surface area contributed by atoms with Gasteiger partial charge in [-0.3, -0.25) is 9.59 Å². The number of aliphatic hydroxyl groups excluding tert-OH is 1. The first-order valence-electron chi connectivity index (χ1n) is 22.7. The van der Waals surface area contributed by atoms with Crippen LogP contribution in [0.3, 0.4) is 0 Å². The fourth-order valence-corrected chi connectivity index (χ4v) is 8.20. The third-order valence-corrected chi connectivity index (χ3v) is 11.4. The molecule has 51 heavy (non-hydrogen) atoms. The van der Waals surface area contributed by atoms with Gasteiger partial charge in [-0.05, 0) is 82.6 Å². The molecule has 0 saturated carbocycles. The molecule has 0 amide bonds. The standard InChI is InChI=1S/C45H87NO5/c1-4-7-10-13-16-19-28-40-50-43(48)32-24-20-26-34-45(36-29-37-46(41-45)38-39-47)35-27-21-25-33-44(49)51-42(30-22-17-14-11-8-5-2)31-23-18-15-12-9-6-3/h42,47H,4-41H2,1-3H3. The zero-order chi connectivity index (χ0) is 37.1. The normalized spacial score (nSPS) is 16.6. The van der Waals surface area contributed by atoms with Crippen LogP contribution in [-0.4, -0.2) is 60.9 Å². The predicted molar refractivity (Wildman–Crippen MR) is 216 cm³/mol. The summed E-state index contributed by atoms with van der Waals surface area (Å²) in [6.07, 6.45) is 38.3. The van der Waals surface area contributed by atoms with Gasteiger partial charge in [-0.25, -0.2) is 0 Å². The van der Waals surface area contributed by atoms with Crippen molar-refractivity contribution < 1.29 is 24.2 Å². The Morgan fingerprint density at radius 1 is 0.608 bits per heavy atom. The predicted octanol–water partition coefficient (Wildman–Crippen LogP) is 12.7. The number of likely N-dealkylation sites (tertiary alicyclic amines) is 1. The van der Waals surface area contributed by atoms with Crippen molar-refractivity contribution in [3.05, 3.63) is 0 Å². The van der Waals surface area contributed by atoms with Gasteiger partial charge < -0.3 is 19.5 Å². The number of carbonyl (C=O) groups is 2. The van der Waals surface area contributed by atoms with Crippen molar-refractivity contribution in [3.8, 4) is 0 Å². The largest absolute Gasteiger partial charge is 0.466 e. The van der Waals surface area contributed by atoms with Crippen LogP contribution < -0.4 is 0 Å². The maximum atomic E-state index is 12.9. The number of hydrogen-bond acceptors (Lipinski definition) is 6. The Labute approximate surface area is 317 Å². The third kappa shape index (κ3) is 28.0. The van der Waals surface area contributed by atoms with Gasteiger partial charge in [-0.1, -0.05) is 149 Å². The second kappa shape index (κ2) is 34.6. The van der Waals surface area contributed by atoms with E-state index in [1.54, 1.807) is 0 Å². The summed E-state index contributed by atoms with van der Waals surface area (Å²) < 4.78 is 11.6. The van der Waals surface area contributed by atoms with E-state index in [0.717, 1.165) is 83.8 Å². The lowest BCUT2D eigenvalue weighted by atomic mass is 9.72. The number of nitrogens with zero attached hydrogens (tertiary/aromatic N) is 1. The molecule has 0 aromatic heterocycles. The summed E-state index contributed by atoms with van der Waals surface area (Å²) in [7, 11) is 0. The lowest BCUT2D eigenvalue weighted by Gasteiger charge is -2.43. The number of carbonyl (C=O) groups excluding carboxylic acids is 2. The zero-order valence-corrected chi connectivity index (χ0v) is 34.5. The number of β-amino-alcohol motifs (C(OH)–C–C–N with tert-alkyl or cyclic N) is 1. The minimum atomic E-state index is -0.0304. The molecule has 1 aliphatic heterocycles. The van der Waals surface area contributed by atoms with Crippen molar-refractivity contribution in [1.82, 2.24) is 4.90 Å². The molecule has 1 saturated heterocycles. The molecule has 0 bridgehead atoms. The Kier molecular flexibility index (Phi) is 32.5. The van der Waals surface area contributed by atoms with Crippen molar-refractivity contribution in [3.63, 3.8) is 0 Å². The molecular weight excluding hydrogens is 634 g/mol. The number of piperidine rings is 1. The summed E-state index contributed by atoms with van der Waals surface area (Å²) in [5, 5.41) is 9.64. The van der Waals surface area contributed by atoms with Gasteiger partial charge in [0, 0.05) is 25.9 Å². The number of esters is 2. The van der Waals surface area contributed by atoms with Crippen molar-refractivity contribution >= 4 is 11.9 Å². The molecule has 0 aromatic rings. The summed E-state index contributed by atoms with van der Waals surface area (Å²) in [5.41, 5.74) is 0.283. The van der Waals surface area contributed by atoms with Crippen LogP contribution in [0, 0.1) is 5.41 Å². The molecule has 0 aliphatic carbocycles. The van der Waals surface area contributed by atoms with Crippen LogP contribution in [0.4, 0.5) is 0 Å². The Morgan fingerprint density at radius 3 is 1.61 bits per heavy atom. The van der Waals surface area contributed by atoms with Gasteiger partial charge in [0.25, 0.3) is 0 Å². The van der Waals surface area contributed by atoms with Gasteiger partial charge in [0.15, 0.2) is 0 Å². The van der Waals surface area contributed by atoms with Crippen LogP contribution in [0.1, 0.15) is 233 Å². The minimum Gasteiger partial charge on any atom is -0.466 e. The van der Waals surface area contributed by atoms with Gasteiger partial charge in [0.05, 0.1) is 13.2 Å². The average Bonchev–Trinajstić information content (AvgIpc) is 3.12. The first kappa shape index (κ1) is 47.9. The number of unbranched alkanes of at least 4 members (excludes halogenated alkanes) is 20. The van der Waals surface area contributed by atoms with Crippen molar-refractivity contribution in [2.75, 3.05) is 32.8 Å². The van der Waals surface area contributed by atoms with E-state index in [-0.39, 0.29) is 30.1 Å². The second-order valence-electron chi connectivity index (χ2n) is 16.3. The summed E-state index contributed by atoms with van der Waals surface area (Å²) in [4.78, 5) is 27.7. The highest BCUT2D eigenvalue weighted by atomic mass is 16.5. The molecule has 0 aromatic carbocycles. The molecule has 0 radical (unpaired) electrons. The Bertz CT molecular complexity index is 773. The monoisotopic (exact) mass is 722 g/mol. The summed E-state index contributed by atoms with van der Waals surface area (Å²) in [5.74, 6) is -0.0171. The molecule has 1 unspecified atom stereocenters. The average molecular weight is 722 g/mol. The van der Waals surface area contributed by atoms with Crippen LogP contribution >= 0.6 is 0 Å². The third-order valence-electron chi connectivity index (χ3n) is 11.4. The highest BCUT2D eigenvalue weighted by Crippen LogP contribution is 2.40. The first-order chi connectivity index (χ1) is 25.0. The molecule has 1 heterocycles. The van der Waals surface area contributed by atoms with Crippen LogP contribution in [0.2, 0.25) is 0 Å². The van der Waals surface area contributed by atoms with Gasteiger partial charge in [0.1, 0.15) is 6.10 Å². The maximum Gasteiger partial charge on any atom is 0.306 e. The van der Waals surface area contributed by atoms with E-state index in [4.69, 9.17) is 9.47 Å². The van der Waals surface area contributed by atoms with E-state index in [1.165, 1.54) is 135 Å². The minimum absolute atomic E-state index is 0.0133. The summed E-state index contributed by atoms with van der Waals surface area (Å²) in [6, 6.07) is 0. The van der Waals surface area contributed by atoms with Gasteiger partial charge >= 0.3 is 11.9 Å². The molecule has 6 heteroatoms. The fraction of sp³-hybridized carbons (Fsp3) is 0.956. The Balaban J connectivity index is 2.40. The molecule has 6 nitrogen and oxygen atoms in total. The highest BCUT2D eigenvalue weighted by Gasteiger charge is 2.34. The molecule has 1 atom stereocenters. The molecular formula is C45H87NO5. The van der Waals surface area contributed by atoms with Crippen LogP contribution in [0.5, 0.6) is 0 Å². The Morgan fingerprint density at radius 2 is 1.08 bits per heavy atom. The van der Waals surface area contributed by atoms with Crippen molar-refractivity contribution in [2.24, 2.45) is 5.41 Å². The van der Waals surface area contributed by atoms with Gasteiger partial charge in [-0.15, -0.1) is 0 Å². The van der Waals surface area contributed by atoms with Crippen molar-refractivity contribution in [2.45, 2.75) is 239 Å². The summed E-state index contributed by atoms with van der Waals surface area (Å²) in [6.45, 7) is 10.5. The number of rotatable bonds is 37. The van der Waals surface area contributed by atoms with Crippen molar-refractivity contribution in [1.29, 1.82) is 0 Å². The van der Waals surface area contributed by atoms with Gasteiger partial charge in [0.2, 0.25) is 0 Å². The molecule has 1 rings (SSSR count). The second-order valence-corrected chi connectivity index (χ2v) is 16.3. The van der Waals surface area contributed by atoms with Crippen LogP contribution in [-0.2, 0) is 19.1 Å². The molecule has 1 fully saturated rings. The highest BCUT2D eigenvalue weighted by molar-refractivity contribution is 5.69. The van der Waals surface area contributed by atoms with E-state index in [2.05, 4.69) is 25.7 Å². The lowest BCUT2D eigenvalue weighted by molar-refractivity contribution is -0.150. The first-order valence-corrected chi connectivity index (χ1v) is 22.7. The number of ether oxygens (including phenoxy) is 2. The number of aliphatic hydroxyl groups is 1. The fourth-order valence-electron chi connectivity index (χ4n) is 8.20. The van der Waals surface area contributed by atoms with Crippen LogP contribution in [0.15, 0.2) is 0 Å². The lowest BCUT2D eigenvalue weighted by Crippen LogP contribution is -2.44. The zero-order valence-electron chi connectivity index (χ0n) is 34.5. The van der Waals surface area contributed by atoms with E-state index >= 15 is 0 Å². The molecule has 1 aliphatic rings. The van der Waals surface area contributed by atoms with Crippen LogP contribution in [0.25, 0.3) is 0 Å². The molecule has 0 spiro atoms. The number of hydrogen-bond donors (Lipinski definition) is 1. The SMILES string of the molecule is CCCCCCCCCOC(=O)CCCCCC1(CCCCCC(=O)OC(CCCCCCCC)CCCCCCCC)CCCN(CCO)C1. The Hall–Kier alpha value is -1.14. The summed E-state index contributed by atoms with van der Waals surface area (Å²) >= 11 is 0. The smallest absolute Gasteiger partial charge is 0.306 e. The van der Waals surface area contributed by atoms with E-state index < -0.39 is 0 Å². The van der Waals surface area contributed by atoms with Gasteiger partial charge in [-0.2, -0.15) is 0 Å². The quantitative estimate of drug-likeness (QED) is 0.0508. The topological polar surface area (TPSA) is 76.1 Å². The van der Waals surface area contributed by atoms with E-state index in [0.29, 0.717) is 19.4 Å². The maximum absolute atomic E-state index is 12.9.